The van der Waals surface area contributed by atoms with Gasteiger partial charge in [-0.25, -0.2) is 8.42 Å². The van der Waals surface area contributed by atoms with E-state index in [0.29, 0.717) is 25.8 Å². The van der Waals surface area contributed by atoms with Crippen molar-refractivity contribution in [1.82, 2.24) is 4.90 Å². The molecule has 1 amide bonds. The van der Waals surface area contributed by atoms with Gasteiger partial charge in [0.1, 0.15) is 4.75 Å². The maximum atomic E-state index is 12.8. The number of amides is 1. The molecule has 2 saturated carbocycles. The van der Waals surface area contributed by atoms with Crippen LogP contribution in [0.1, 0.15) is 46.0 Å². The minimum Gasteiger partial charge on any atom is -0.481 e. The molecule has 22 heavy (non-hydrogen) atoms. The first-order valence-electron chi connectivity index (χ1n) is 7.89. The summed E-state index contributed by atoms with van der Waals surface area (Å²) in [4.78, 5) is 26.0. The predicted molar refractivity (Wildman–Crippen MR) is 80.0 cm³/mol. The van der Waals surface area contributed by atoms with Crippen LogP contribution in [0.2, 0.25) is 0 Å². The second-order valence-corrected chi connectivity index (χ2v) is 10.3. The fourth-order valence-corrected chi connectivity index (χ4v) is 6.05. The first-order chi connectivity index (χ1) is 10.1. The number of carbonyl (C=O) groups excluding carboxylic acids is 1. The highest BCUT2D eigenvalue weighted by atomic mass is 32.2. The van der Waals surface area contributed by atoms with Gasteiger partial charge >= 0.3 is 5.97 Å². The van der Waals surface area contributed by atoms with E-state index in [-0.39, 0.29) is 12.5 Å². The van der Waals surface area contributed by atoms with E-state index in [1.807, 2.05) is 0 Å². The smallest absolute Gasteiger partial charge is 0.311 e. The highest BCUT2D eigenvalue weighted by Crippen LogP contribution is 2.49. The molecule has 124 valence electrons. The Labute approximate surface area is 130 Å². The zero-order valence-corrected chi connectivity index (χ0v) is 13.9. The number of carboxylic acid groups (broad SMARTS) is 1. The van der Waals surface area contributed by atoms with Crippen molar-refractivity contribution in [3.8, 4) is 0 Å². The molecule has 1 heterocycles. The number of sulfone groups is 1. The number of carboxylic acids is 1. The Balaban J connectivity index is 1.84. The Morgan fingerprint density at radius 2 is 1.86 bits per heavy atom. The third-order valence-corrected chi connectivity index (χ3v) is 8.72. The summed E-state index contributed by atoms with van der Waals surface area (Å²) < 4.78 is 23.6. The van der Waals surface area contributed by atoms with E-state index in [4.69, 9.17) is 0 Å². The van der Waals surface area contributed by atoms with E-state index in [2.05, 4.69) is 0 Å². The summed E-state index contributed by atoms with van der Waals surface area (Å²) in [6, 6.07) is 0. The second-order valence-electron chi connectivity index (χ2n) is 7.49. The van der Waals surface area contributed by atoms with Crippen molar-refractivity contribution in [3.63, 3.8) is 0 Å². The zero-order valence-electron chi connectivity index (χ0n) is 13.0. The number of hydrogen-bond donors (Lipinski definition) is 1. The lowest BCUT2D eigenvalue weighted by atomic mass is 9.81. The second kappa shape index (κ2) is 4.69. The molecule has 3 aliphatic rings. The fourth-order valence-electron chi connectivity index (χ4n) is 4.09. The molecule has 2 atom stereocenters. The van der Waals surface area contributed by atoms with Gasteiger partial charge in [0.25, 0.3) is 0 Å². The van der Waals surface area contributed by atoms with Crippen LogP contribution in [-0.4, -0.2) is 53.4 Å². The topological polar surface area (TPSA) is 91.8 Å². The highest BCUT2D eigenvalue weighted by molar-refractivity contribution is 7.94. The summed E-state index contributed by atoms with van der Waals surface area (Å²) in [6.07, 6.45) is 3.49. The summed E-state index contributed by atoms with van der Waals surface area (Å²) in [5.74, 6) is -1.34. The summed E-state index contributed by atoms with van der Waals surface area (Å²) >= 11 is 0. The van der Waals surface area contributed by atoms with Crippen LogP contribution in [0.4, 0.5) is 0 Å². The summed E-state index contributed by atoms with van der Waals surface area (Å²) in [5, 5.41) is 9.18. The Morgan fingerprint density at radius 3 is 2.36 bits per heavy atom. The maximum Gasteiger partial charge on any atom is 0.311 e. The average Bonchev–Trinajstić information content (AvgIpc) is 3.10. The van der Waals surface area contributed by atoms with Gasteiger partial charge in [0.15, 0.2) is 9.84 Å². The quantitative estimate of drug-likeness (QED) is 0.832. The minimum atomic E-state index is -3.50. The van der Waals surface area contributed by atoms with E-state index in [1.165, 1.54) is 18.7 Å². The standard InChI is InChI=1S/C15H23NO5S/c1-14(2,22(20,21)11-5-6-11)12(17)16-8-10-4-3-7-15(10,9-16)13(18)19/h10-11H,3-9H2,1-2H3,(H,18,19)/t10-,15+/m0/s1. The van der Waals surface area contributed by atoms with Crippen molar-refractivity contribution in [3.05, 3.63) is 0 Å². The molecule has 0 spiro atoms. The lowest BCUT2D eigenvalue weighted by Crippen LogP contribution is -2.51. The normalized spacial score (nSPS) is 32.1. The molecule has 2 aliphatic carbocycles. The Kier molecular flexibility index (Phi) is 3.36. The number of carbonyl (C=O) groups is 2. The van der Waals surface area contributed by atoms with Gasteiger partial charge < -0.3 is 10.0 Å². The number of hydrogen-bond acceptors (Lipinski definition) is 4. The molecule has 1 N–H and O–H groups in total. The van der Waals surface area contributed by atoms with Crippen LogP contribution in [0.15, 0.2) is 0 Å². The van der Waals surface area contributed by atoms with Crippen LogP contribution in [0.5, 0.6) is 0 Å². The third kappa shape index (κ3) is 2.01. The Bertz CT molecular complexity index is 622. The van der Waals surface area contributed by atoms with Crippen LogP contribution in [0.25, 0.3) is 0 Å². The number of likely N-dealkylation sites (tertiary alicyclic amines) is 1. The predicted octanol–water partition coefficient (Wildman–Crippen LogP) is 1.06. The number of rotatable bonds is 4. The van der Waals surface area contributed by atoms with E-state index in [0.717, 1.165) is 12.8 Å². The van der Waals surface area contributed by atoms with Crippen molar-refractivity contribution in [2.75, 3.05) is 13.1 Å². The van der Waals surface area contributed by atoms with Gasteiger partial charge in [0, 0.05) is 13.1 Å². The van der Waals surface area contributed by atoms with E-state index in [1.54, 1.807) is 0 Å². The molecule has 0 radical (unpaired) electrons. The van der Waals surface area contributed by atoms with Crippen LogP contribution >= 0.6 is 0 Å². The van der Waals surface area contributed by atoms with Crippen LogP contribution < -0.4 is 0 Å². The Morgan fingerprint density at radius 1 is 1.23 bits per heavy atom. The lowest BCUT2D eigenvalue weighted by Gasteiger charge is -2.30. The molecule has 0 bridgehead atoms. The number of aliphatic carboxylic acids is 1. The number of fused-ring (bicyclic) bond motifs is 1. The molecule has 1 aliphatic heterocycles. The van der Waals surface area contributed by atoms with Gasteiger partial charge in [0.05, 0.1) is 10.7 Å². The van der Waals surface area contributed by atoms with Gasteiger partial charge in [-0.15, -0.1) is 0 Å². The molecule has 6 nitrogen and oxygen atoms in total. The summed E-state index contributed by atoms with van der Waals surface area (Å²) in [7, 11) is -3.50. The maximum absolute atomic E-state index is 12.8. The first-order valence-corrected chi connectivity index (χ1v) is 9.44. The van der Waals surface area contributed by atoms with Gasteiger partial charge in [-0.2, -0.15) is 0 Å². The summed E-state index contributed by atoms with van der Waals surface area (Å²) in [6.45, 7) is 3.44. The van der Waals surface area contributed by atoms with Crippen molar-refractivity contribution in [1.29, 1.82) is 0 Å². The first kappa shape index (κ1) is 15.8. The van der Waals surface area contributed by atoms with Crippen LogP contribution in [0, 0.1) is 11.3 Å². The monoisotopic (exact) mass is 329 g/mol. The largest absolute Gasteiger partial charge is 0.481 e. The average molecular weight is 329 g/mol. The van der Waals surface area contributed by atoms with Gasteiger partial charge in [0.2, 0.25) is 5.91 Å². The molecular weight excluding hydrogens is 306 g/mol. The van der Waals surface area contributed by atoms with Gasteiger partial charge in [-0.05, 0) is 45.4 Å². The molecule has 0 aromatic carbocycles. The van der Waals surface area contributed by atoms with Crippen molar-refractivity contribution in [2.24, 2.45) is 11.3 Å². The molecule has 1 saturated heterocycles. The molecule has 0 unspecified atom stereocenters. The SMILES string of the molecule is CC(C)(C(=O)N1C[C@@H]2CCC[C@@]2(C(=O)O)C1)S(=O)(=O)C1CC1. The van der Waals surface area contributed by atoms with E-state index in [9.17, 15) is 23.1 Å². The molecule has 0 aromatic heterocycles. The third-order valence-electron chi connectivity index (χ3n) is 5.77. The van der Waals surface area contributed by atoms with Gasteiger partial charge in [-0.3, -0.25) is 9.59 Å². The molecular formula is C15H23NO5S. The van der Waals surface area contributed by atoms with Crippen molar-refractivity contribution < 1.29 is 23.1 Å². The summed E-state index contributed by atoms with van der Waals surface area (Å²) in [5.41, 5.74) is -0.866. The molecule has 3 rings (SSSR count). The minimum absolute atomic E-state index is 0.0478. The van der Waals surface area contributed by atoms with Crippen molar-refractivity contribution >= 4 is 21.7 Å². The Hall–Kier alpha value is -1.11. The molecule has 3 fully saturated rings. The highest BCUT2D eigenvalue weighted by Gasteiger charge is 2.59. The van der Waals surface area contributed by atoms with E-state index >= 15 is 0 Å². The van der Waals surface area contributed by atoms with Gasteiger partial charge in [-0.1, -0.05) is 6.42 Å². The van der Waals surface area contributed by atoms with Crippen molar-refractivity contribution in [2.45, 2.75) is 55.9 Å². The number of nitrogens with zero attached hydrogens (tertiary/aromatic N) is 1. The fraction of sp³-hybridized carbons (Fsp3) is 0.867. The van der Waals surface area contributed by atoms with E-state index < -0.39 is 37.1 Å². The van der Waals surface area contributed by atoms with Crippen LogP contribution in [-0.2, 0) is 19.4 Å². The zero-order chi connectivity index (χ0) is 16.3. The lowest BCUT2D eigenvalue weighted by molar-refractivity contribution is -0.149. The van der Waals surface area contributed by atoms with Crippen LogP contribution in [0.3, 0.4) is 0 Å². The molecule has 0 aromatic rings. The molecule has 7 heteroatoms.